The van der Waals surface area contributed by atoms with Crippen LogP contribution in [0.15, 0.2) is 71.8 Å². The number of rotatable bonds is 5. The lowest BCUT2D eigenvalue weighted by Crippen LogP contribution is -2.32. The molecule has 0 heterocycles. The first kappa shape index (κ1) is 22.7. The van der Waals surface area contributed by atoms with Crippen LogP contribution in [0.5, 0.6) is 5.75 Å². The van der Waals surface area contributed by atoms with Crippen LogP contribution in [0.1, 0.15) is 27.0 Å². The van der Waals surface area contributed by atoms with E-state index in [4.69, 9.17) is 16.3 Å². The van der Waals surface area contributed by atoms with Crippen molar-refractivity contribution in [1.82, 2.24) is 5.43 Å². The van der Waals surface area contributed by atoms with E-state index in [1.54, 1.807) is 54.6 Å². The second-order valence-corrected chi connectivity index (χ2v) is 7.30. The topological polar surface area (TPSA) is 96.9 Å². The van der Waals surface area contributed by atoms with Gasteiger partial charge in [-0.1, -0.05) is 35.9 Å². The van der Waals surface area contributed by atoms with Gasteiger partial charge in [-0.15, -0.1) is 0 Å². The van der Waals surface area contributed by atoms with Gasteiger partial charge in [0, 0.05) is 10.7 Å². The Labute approximate surface area is 190 Å². The number of carbonyl (C=O) groups excluding carboxylic acids is 3. The largest absolute Gasteiger partial charge is 0.423 e. The molecule has 3 rings (SSSR count). The van der Waals surface area contributed by atoms with E-state index in [0.717, 1.165) is 11.1 Å². The third-order valence-corrected chi connectivity index (χ3v) is 4.88. The monoisotopic (exact) mass is 449 g/mol. The molecule has 0 bridgehead atoms. The Morgan fingerprint density at radius 2 is 1.62 bits per heavy atom. The first-order valence-corrected chi connectivity index (χ1v) is 9.99. The van der Waals surface area contributed by atoms with Crippen LogP contribution < -0.4 is 15.5 Å². The smallest absolute Gasteiger partial charge is 0.343 e. The van der Waals surface area contributed by atoms with Crippen molar-refractivity contribution in [2.75, 3.05) is 5.32 Å². The van der Waals surface area contributed by atoms with Crippen molar-refractivity contribution in [3.05, 3.63) is 94.0 Å². The Hall–Kier alpha value is -3.97. The fourth-order valence-corrected chi connectivity index (χ4v) is 2.84. The van der Waals surface area contributed by atoms with Gasteiger partial charge in [0.25, 0.3) is 0 Å². The summed E-state index contributed by atoms with van der Waals surface area (Å²) in [4.78, 5) is 36.1. The summed E-state index contributed by atoms with van der Waals surface area (Å²) in [6, 6.07) is 18.6. The van der Waals surface area contributed by atoms with Crippen LogP contribution in [0.25, 0.3) is 0 Å². The van der Waals surface area contributed by atoms with Crippen LogP contribution in [-0.4, -0.2) is 24.0 Å². The van der Waals surface area contributed by atoms with Crippen LogP contribution in [-0.2, 0) is 9.59 Å². The fourth-order valence-electron chi connectivity index (χ4n) is 2.66. The molecule has 162 valence electrons. The maximum absolute atomic E-state index is 12.3. The molecule has 0 unspecified atom stereocenters. The molecule has 0 aromatic heterocycles. The summed E-state index contributed by atoms with van der Waals surface area (Å²) in [6.07, 6.45) is 1.36. The standard InChI is InChI=1S/C24H20ClN3O4/c1-15-5-3-4-6-20(15)24(31)32-19-11-8-17(9-12-19)14-26-28-23(30)22(29)27-18-10-7-16(2)21(25)13-18/h3-14H,1-2H3,(H,27,29)(H,28,30). The molecule has 0 atom stereocenters. The van der Waals surface area contributed by atoms with Gasteiger partial charge >= 0.3 is 17.8 Å². The number of aryl methyl sites for hydroxylation is 2. The van der Waals surface area contributed by atoms with Crippen LogP contribution in [0, 0.1) is 13.8 Å². The molecule has 3 aromatic carbocycles. The number of nitrogens with zero attached hydrogens (tertiary/aromatic N) is 1. The van der Waals surface area contributed by atoms with E-state index in [1.165, 1.54) is 6.21 Å². The quantitative estimate of drug-likeness (QED) is 0.200. The highest BCUT2D eigenvalue weighted by atomic mass is 35.5. The summed E-state index contributed by atoms with van der Waals surface area (Å²) >= 11 is 6.00. The Kier molecular flexibility index (Phi) is 7.36. The number of hydrogen-bond acceptors (Lipinski definition) is 5. The van der Waals surface area contributed by atoms with Crippen LogP contribution in [0.2, 0.25) is 5.02 Å². The minimum absolute atomic E-state index is 0.371. The van der Waals surface area contributed by atoms with Gasteiger partial charge in [0.1, 0.15) is 5.75 Å². The molecule has 0 fully saturated rings. The Bertz CT molecular complexity index is 1190. The SMILES string of the molecule is Cc1ccc(NC(=O)C(=O)NN=Cc2ccc(OC(=O)c3ccccc3C)cc2)cc1Cl. The van der Waals surface area contributed by atoms with Crippen LogP contribution in [0.4, 0.5) is 5.69 Å². The number of ether oxygens (including phenoxy) is 1. The van der Waals surface area contributed by atoms with Gasteiger partial charge in [0.2, 0.25) is 0 Å². The highest BCUT2D eigenvalue weighted by Gasteiger charge is 2.13. The average Bonchev–Trinajstić information content (AvgIpc) is 2.77. The van der Waals surface area contributed by atoms with Gasteiger partial charge in [-0.25, -0.2) is 10.2 Å². The number of amides is 2. The zero-order valence-electron chi connectivity index (χ0n) is 17.4. The van der Waals surface area contributed by atoms with Gasteiger partial charge in [-0.2, -0.15) is 5.10 Å². The van der Waals surface area contributed by atoms with Crippen LogP contribution >= 0.6 is 11.6 Å². The van der Waals surface area contributed by atoms with Crippen molar-refractivity contribution in [3.63, 3.8) is 0 Å². The van der Waals surface area contributed by atoms with Gasteiger partial charge < -0.3 is 10.1 Å². The first-order valence-electron chi connectivity index (χ1n) is 9.62. The Balaban J connectivity index is 1.52. The molecule has 3 aromatic rings. The van der Waals surface area contributed by atoms with Crippen molar-refractivity contribution in [2.24, 2.45) is 5.10 Å². The molecule has 0 saturated heterocycles. The number of esters is 1. The molecule has 0 saturated carbocycles. The molecular formula is C24H20ClN3O4. The summed E-state index contributed by atoms with van der Waals surface area (Å²) in [5, 5.41) is 6.69. The summed E-state index contributed by atoms with van der Waals surface area (Å²) < 4.78 is 5.37. The Morgan fingerprint density at radius 3 is 2.31 bits per heavy atom. The normalized spacial score (nSPS) is 10.6. The lowest BCUT2D eigenvalue weighted by atomic mass is 10.1. The van der Waals surface area contributed by atoms with Gasteiger partial charge in [-0.05, 0) is 73.0 Å². The zero-order chi connectivity index (χ0) is 23.1. The summed E-state index contributed by atoms with van der Waals surface area (Å²) in [6.45, 7) is 3.66. The summed E-state index contributed by atoms with van der Waals surface area (Å²) in [5.41, 5.74) is 5.36. The number of nitrogens with one attached hydrogen (secondary N) is 2. The number of hydrazone groups is 1. The van der Waals surface area contributed by atoms with E-state index >= 15 is 0 Å². The summed E-state index contributed by atoms with van der Waals surface area (Å²) in [5.74, 6) is -1.88. The molecule has 0 radical (unpaired) electrons. The molecule has 0 aliphatic carbocycles. The fraction of sp³-hybridized carbons (Fsp3) is 0.0833. The third-order valence-electron chi connectivity index (χ3n) is 4.47. The molecule has 2 N–H and O–H groups in total. The second kappa shape index (κ2) is 10.4. The maximum Gasteiger partial charge on any atom is 0.343 e. The number of halogens is 1. The molecule has 2 amide bonds. The first-order chi connectivity index (χ1) is 15.3. The van der Waals surface area contributed by atoms with Gasteiger partial charge in [-0.3, -0.25) is 9.59 Å². The number of carbonyl (C=O) groups is 3. The number of benzene rings is 3. The minimum Gasteiger partial charge on any atom is -0.423 e. The highest BCUT2D eigenvalue weighted by molar-refractivity contribution is 6.39. The van der Waals surface area contributed by atoms with E-state index in [1.807, 2.05) is 26.0 Å². The Morgan fingerprint density at radius 1 is 0.906 bits per heavy atom. The highest BCUT2D eigenvalue weighted by Crippen LogP contribution is 2.20. The molecule has 7 nitrogen and oxygen atoms in total. The van der Waals surface area contributed by atoms with Crippen LogP contribution in [0.3, 0.4) is 0 Å². The average molecular weight is 450 g/mol. The van der Waals surface area contributed by atoms with E-state index in [-0.39, 0.29) is 0 Å². The van der Waals surface area contributed by atoms with E-state index in [2.05, 4.69) is 15.8 Å². The van der Waals surface area contributed by atoms with Crippen molar-refractivity contribution < 1.29 is 19.1 Å². The lowest BCUT2D eigenvalue weighted by Gasteiger charge is -2.07. The predicted molar refractivity (Wildman–Crippen MR) is 123 cm³/mol. The van der Waals surface area contributed by atoms with Gasteiger partial charge in [0.05, 0.1) is 11.8 Å². The predicted octanol–water partition coefficient (Wildman–Crippen LogP) is 4.26. The third kappa shape index (κ3) is 6.02. The molecule has 8 heteroatoms. The van der Waals surface area contributed by atoms with E-state index in [9.17, 15) is 14.4 Å². The molecule has 0 aliphatic heterocycles. The van der Waals surface area contributed by atoms with E-state index < -0.39 is 17.8 Å². The second-order valence-electron chi connectivity index (χ2n) is 6.89. The molecule has 32 heavy (non-hydrogen) atoms. The minimum atomic E-state index is -0.929. The van der Waals surface area contributed by atoms with Crippen molar-refractivity contribution in [3.8, 4) is 5.75 Å². The lowest BCUT2D eigenvalue weighted by molar-refractivity contribution is -0.136. The maximum atomic E-state index is 12.3. The van der Waals surface area contributed by atoms with Crippen molar-refractivity contribution in [1.29, 1.82) is 0 Å². The summed E-state index contributed by atoms with van der Waals surface area (Å²) in [7, 11) is 0. The van der Waals surface area contributed by atoms with E-state index in [0.29, 0.717) is 27.6 Å². The number of hydrogen-bond donors (Lipinski definition) is 2. The van der Waals surface area contributed by atoms with Gasteiger partial charge in [0.15, 0.2) is 0 Å². The molecular weight excluding hydrogens is 430 g/mol. The molecule has 0 spiro atoms. The van der Waals surface area contributed by atoms with Crippen molar-refractivity contribution in [2.45, 2.75) is 13.8 Å². The molecule has 0 aliphatic rings. The van der Waals surface area contributed by atoms with Crippen molar-refractivity contribution >= 4 is 41.3 Å². The zero-order valence-corrected chi connectivity index (χ0v) is 18.1. The number of anilines is 1.